The van der Waals surface area contributed by atoms with Crippen LogP contribution in [0, 0.1) is 0 Å². The van der Waals surface area contributed by atoms with Gasteiger partial charge in [0.2, 0.25) is 5.91 Å². The number of aliphatic carboxylic acids is 1. The van der Waals surface area contributed by atoms with Crippen LogP contribution in [0.2, 0.25) is 0 Å². The Morgan fingerprint density at radius 1 is 1.43 bits per heavy atom. The van der Waals surface area contributed by atoms with Crippen LogP contribution in [0.4, 0.5) is 5.69 Å². The van der Waals surface area contributed by atoms with Crippen LogP contribution in [0.25, 0.3) is 0 Å². The van der Waals surface area contributed by atoms with Crippen LogP contribution in [0.15, 0.2) is 24.3 Å². The molecule has 0 fully saturated rings. The highest BCUT2D eigenvalue weighted by Gasteiger charge is 2.30. The summed E-state index contributed by atoms with van der Waals surface area (Å²) in [4.78, 5) is 34.3. The molecule has 1 aliphatic rings. The van der Waals surface area contributed by atoms with Gasteiger partial charge in [0.25, 0.3) is 0 Å². The second-order valence-electron chi connectivity index (χ2n) is 4.74. The first kappa shape index (κ1) is 14.8. The number of ether oxygens (including phenoxy) is 1. The average Bonchev–Trinajstić information content (AvgIpc) is 2.90. The largest absolute Gasteiger partial charge is 0.480 e. The third-order valence-corrected chi connectivity index (χ3v) is 3.30. The Hall–Kier alpha value is -2.57. The quantitative estimate of drug-likeness (QED) is 0.668. The lowest BCUT2D eigenvalue weighted by Gasteiger charge is -2.17. The number of para-hydroxylation sites is 1. The molecule has 0 radical (unpaired) electrons. The third kappa shape index (κ3) is 3.50. The molecule has 0 saturated carbocycles. The summed E-state index contributed by atoms with van der Waals surface area (Å²) < 4.78 is 4.42. The molecule has 1 aromatic rings. The van der Waals surface area contributed by atoms with Crippen LogP contribution >= 0.6 is 0 Å². The van der Waals surface area contributed by atoms with Crippen molar-refractivity contribution >= 4 is 23.5 Å². The topological polar surface area (TPSA) is 105 Å². The fourth-order valence-corrected chi connectivity index (χ4v) is 2.18. The summed E-state index contributed by atoms with van der Waals surface area (Å²) in [5, 5.41) is 14.4. The molecule has 3 N–H and O–H groups in total. The van der Waals surface area contributed by atoms with E-state index in [-0.39, 0.29) is 0 Å². The van der Waals surface area contributed by atoms with E-state index >= 15 is 0 Å². The molecule has 1 heterocycles. The Bertz CT molecular complexity index is 547. The average molecular weight is 292 g/mol. The molecule has 0 unspecified atom stereocenters. The van der Waals surface area contributed by atoms with Crippen LogP contribution in [0.1, 0.15) is 12.0 Å². The van der Waals surface area contributed by atoms with Crippen molar-refractivity contribution in [3.8, 4) is 0 Å². The molecule has 112 valence electrons. The molecule has 2 atom stereocenters. The lowest BCUT2D eigenvalue weighted by atomic mass is 10.1. The van der Waals surface area contributed by atoms with E-state index in [1.165, 1.54) is 0 Å². The van der Waals surface area contributed by atoms with Crippen molar-refractivity contribution in [2.24, 2.45) is 0 Å². The highest BCUT2D eigenvalue weighted by atomic mass is 16.5. The molecule has 1 amide bonds. The van der Waals surface area contributed by atoms with Gasteiger partial charge in [-0.1, -0.05) is 18.2 Å². The number of carboxylic acid groups (broad SMARTS) is 1. The molecule has 0 spiro atoms. The molecule has 1 aliphatic heterocycles. The fourth-order valence-electron chi connectivity index (χ4n) is 2.18. The van der Waals surface area contributed by atoms with Gasteiger partial charge in [-0.25, -0.2) is 4.79 Å². The Morgan fingerprint density at radius 3 is 2.76 bits per heavy atom. The molecule has 21 heavy (non-hydrogen) atoms. The van der Waals surface area contributed by atoms with E-state index in [4.69, 9.17) is 5.11 Å². The molecule has 0 bridgehead atoms. The zero-order chi connectivity index (χ0) is 15.4. The summed E-state index contributed by atoms with van der Waals surface area (Å²) >= 11 is 0. The van der Waals surface area contributed by atoms with Crippen LogP contribution in [0.5, 0.6) is 0 Å². The Labute approximate surface area is 121 Å². The van der Waals surface area contributed by atoms with Crippen molar-refractivity contribution in [3.05, 3.63) is 29.8 Å². The Kier molecular flexibility index (Phi) is 4.42. The third-order valence-electron chi connectivity index (χ3n) is 3.30. The van der Waals surface area contributed by atoms with E-state index in [0.29, 0.717) is 6.42 Å². The van der Waals surface area contributed by atoms with E-state index in [0.717, 1.165) is 18.4 Å². The Balaban J connectivity index is 1.98. The van der Waals surface area contributed by atoms with Gasteiger partial charge in [0.15, 0.2) is 0 Å². The summed E-state index contributed by atoms with van der Waals surface area (Å²) in [6.45, 7) is 0. The second kappa shape index (κ2) is 6.25. The van der Waals surface area contributed by atoms with Crippen molar-refractivity contribution < 1.29 is 24.2 Å². The normalized spacial score (nSPS) is 17.3. The van der Waals surface area contributed by atoms with Crippen LogP contribution in [-0.4, -0.2) is 42.1 Å². The number of amides is 1. The van der Waals surface area contributed by atoms with Crippen molar-refractivity contribution in [1.82, 2.24) is 5.32 Å². The minimum atomic E-state index is -1.30. The van der Waals surface area contributed by atoms with Crippen LogP contribution in [0.3, 0.4) is 0 Å². The number of nitrogens with one attached hydrogen (secondary N) is 2. The SMILES string of the molecule is COC(=O)C[C@H](NC(=O)[C@@H]1Cc2ccccc2N1)C(=O)O. The van der Waals surface area contributed by atoms with Crippen molar-refractivity contribution in [3.63, 3.8) is 0 Å². The highest BCUT2D eigenvalue weighted by Crippen LogP contribution is 2.25. The number of hydrogen-bond acceptors (Lipinski definition) is 5. The van der Waals surface area contributed by atoms with Crippen LogP contribution < -0.4 is 10.6 Å². The van der Waals surface area contributed by atoms with Crippen molar-refractivity contribution in [2.45, 2.75) is 24.9 Å². The summed E-state index contributed by atoms with van der Waals surface area (Å²) in [6, 6.07) is 5.64. The van der Waals surface area contributed by atoms with E-state index < -0.39 is 36.4 Å². The maximum atomic E-state index is 12.1. The molecular weight excluding hydrogens is 276 g/mol. The van der Waals surface area contributed by atoms with E-state index in [2.05, 4.69) is 15.4 Å². The number of carbonyl (C=O) groups excluding carboxylic acids is 2. The number of anilines is 1. The first-order chi connectivity index (χ1) is 10.0. The van der Waals surface area contributed by atoms with Crippen LogP contribution in [-0.2, 0) is 25.5 Å². The zero-order valence-electron chi connectivity index (χ0n) is 11.5. The fraction of sp³-hybridized carbons (Fsp3) is 0.357. The monoisotopic (exact) mass is 292 g/mol. The van der Waals surface area contributed by atoms with Gasteiger partial charge in [0.1, 0.15) is 12.1 Å². The molecule has 0 aliphatic carbocycles. The van der Waals surface area contributed by atoms with Gasteiger partial charge in [0, 0.05) is 12.1 Å². The number of benzene rings is 1. The van der Waals surface area contributed by atoms with Gasteiger partial charge >= 0.3 is 11.9 Å². The predicted molar refractivity (Wildman–Crippen MR) is 73.8 cm³/mol. The predicted octanol–water partition coefficient (Wildman–Crippen LogP) is 0.156. The van der Waals surface area contributed by atoms with Gasteiger partial charge in [-0.3, -0.25) is 9.59 Å². The van der Waals surface area contributed by atoms with Crippen molar-refractivity contribution in [2.75, 3.05) is 12.4 Å². The molecular formula is C14H16N2O5. The number of methoxy groups -OCH3 is 1. The summed E-state index contributed by atoms with van der Waals surface area (Å²) in [5.41, 5.74) is 1.86. The number of carboxylic acids is 1. The van der Waals surface area contributed by atoms with Gasteiger partial charge in [0.05, 0.1) is 13.5 Å². The number of hydrogen-bond donors (Lipinski definition) is 3. The summed E-state index contributed by atoms with van der Waals surface area (Å²) in [5.74, 6) is -2.42. The lowest BCUT2D eigenvalue weighted by Crippen LogP contribution is -2.48. The van der Waals surface area contributed by atoms with Gasteiger partial charge in [-0.2, -0.15) is 0 Å². The molecule has 7 nitrogen and oxygen atoms in total. The number of rotatable bonds is 5. The van der Waals surface area contributed by atoms with Gasteiger partial charge in [-0.05, 0) is 11.6 Å². The summed E-state index contributed by atoms with van der Waals surface area (Å²) in [6.07, 6.45) is 0.0732. The minimum absolute atomic E-state index is 0.406. The number of esters is 1. The first-order valence-electron chi connectivity index (χ1n) is 6.45. The standard InChI is InChI=1S/C14H16N2O5/c1-21-12(17)7-11(14(19)20)16-13(18)10-6-8-4-2-3-5-9(8)15-10/h2-5,10-11,15H,6-7H2,1H3,(H,16,18)(H,19,20)/t10-,11-/m0/s1. The van der Waals surface area contributed by atoms with Gasteiger partial charge < -0.3 is 20.5 Å². The van der Waals surface area contributed by atoms with Gasteiger partial charge in [-0.15, -0.1) is 0 Å². The molecule has 0 aromatic heterocycles. The van der Waals surface area contributed by atoms with E-state index in [1.54, 1.807) is 0 Å². The van der Waals surface area contributed by atoms with Crippen molar-refractivity contribution in [1.29, 1.82) is 0 Å². The number of fused-ring (bicyclic) bond motifs is 1. The molecule has 2 rings (SSSR count). The first-order valence-corrected chi connectivity index (χ1v) is 6.45. The lowest BCUT2D eigenvalue weighted by molar-refractivity contribution is -0.148. The molecule has 0 saturated heterocycles. The Morgan fingerprint density at radius 2 is 2.14 bits per heavy atom. The smallest absolute Gasteiger partial charge is 0.326 e. The minimum Gasteiger partial charge on any atom is -0.480 e. The summed E-state index contributed by atoms with van der Waals surface area (Å²) in [7, 11) is 1.16. The molecule has 7 heteroatoms. The maximum Gasteiger partial charge on any atom is 0.326 e. The number of carbonyl (C=O) groups is 3. The maximum absolute atomic E-state index is 12.1. The zero-order valence-corrected chi connectivity index (χ0v) is 11.5. The second-order valence-corrected chi connectivity index (χ2v) is 4.74. The van der Waals surface area contributed by atoms with E-state index in [1.807, 2.05) is 24.3 Å². The molecule has 1 aromatic carbocycles. The van der Waals surface area contributed by atoms with E-state index in [9.17, 15) is 14.4 Å². The highest BCUT2D eigenvalue weighted by molar-refractivity contribution is 5.92.